The average molecular weight is 267 g/mol. The number of hydrogen-bond acceptors (Lipinski definition) is 4. The van der Waals surface area contributed by atoms with Crippen LogP contribution < -0.4 is 5.32 Å². The topological polar surface area (TPSA) is 66.4 Å². The monoisotopic (exact) mass is 267 g/mol. The van der Waals surface area contributed by atoms with Crippen molar-refractivity contribution in [1.82, 2.24) is 0 Å². The smallest absolute Gasteiger partial charge is 0.198 e. The Labute approximate surface area is 116 Å². The molecule has 0 heterocycles. The van der Waals surface area contributed by atoms with Crippen LogP contribution in [-0.2, 0) is 0 Å². The molecule has 0 amide bonds. The van der Waals surface area contributed by atoms with E-state index in [1.807, 2.05) is 6.92 Å². The van der Waals surface area contributed by atoms with Gasteiger partial charge in [-0.1, -0.05) is 24.3 Å². The van der Waals surface area contributed by atoms with Gasteiger partial charge in [0.1, 0.15) is 0 Å². The van der Waals surface area contributed by atoms with Crippen LogP contribution in [0.4, 0.5) is 5.69 Å². The molecule has 100 valence electrons. The summed E-state index contributed by atoms with van der Waals surface area (Å²) in [5.74, 6) is -0.696. The van der Waals surface area contributed by atoms with Gasteiger partial charge in [-0.15, -0.1) is 0 Å². The molecule has 0 radical (unpaired) electrons. The summed E-state index contributed by atoms with van der Waals surface area (Å²) >= 11 is 0. The number of ketones is 2. The fourth-order valence-electron chi connectivity index (χ4n) is 2.50. The van der Waals surface area contributed by atoms with Crippen molar-refractivity contribution in [3.05, 3.63) is 58.7 Å². The number of nitrogens with one attached hydrogen (secondary N) is 1. The summed E-state index contributed by atoms with van der Waals surface area (Å²) in [4.78, 5) is 24.9. The molecule has 0 saturated carbocycles. The Bertz CT molecular complexity index is 734. The molecule has 0 aliphatic heterocycles. The predicted molar refractivity (Wildman–Crippen MR) is 75.6 cm³/mol. The zero-order valence-corrected chi connectivity index (χ0v) is 10.9. The lowest BCUT2D eigenvalue weighted by Crippen LogP contribution is -2.21. The zero-order chi connectivity index (χ0) is 14.3. The number of fused-ring (bicyclic) bond motifs is 2. The number of phenols is 1. The number of rotatable bonds is 2. The molecule has 1 aliphatic rings. The van der Waals surface area contributed by atoms with Crippen LogP contribution in [0.1, 0.15) is 38.8 Å². The Morgan fingerprint density at radius 1 is 0.950 bits per heavy atom. The van der Waals surface area contributed by atoms with Crippen LogP contribution in [0.5, 0.6) is 5.75 Å². The Morgan fingerprint density at radius 2 is 1.60 bits per heavy atom. The van der Waals surface area contributed by atoms with Crippen molar-refractivity contribution < 1.29 is 14.7 Å². The van der Waals surface area contributed by atoms with Gasteiger partial charge in [0.2, 0.25) is 0 Å². The molecule has 4 nitrogen and oxygen atoms in total. The molecule has 20 heavy (non-hydrogen) atoms. The van der Waals surface area contributed by atoms with Crippen molar-refractivity contribution in [2.75, 3.05) is 11.9 Å². The van der Waals surface area contributed by atoms with Crippen molar-refractivity contribution in [3.63, 3.8) is 0 Å². The maximum absolute atomic E-state index is 12.5. The second-order valence-corrected chi connectivity index (χ2v) is 4.62. The van der Waals surface area contributed by atoms with Crippen LogP contribution in [-0.4, -0.2) is 23.2 Å². The van der Waals surface area contributed by atoms with E-state index in [1.54, 1.807) is 36.4 Å². The average Bonchev–Trinajstić information content (AvgIpc) is 2.47. The Balaban J connectivity index is 2.26. The van der Waals surface area contributed by atoms with Crippen molar-refractivity contribution in [1.29, 1.82) is 0 Å². The third-order valence-electron chi connectivity index (χ3n) is 3.43. The molecule has 0 unspecified atom stereocenters. The van der Waals surface area contributed by atoms with Crippen LogP contribution in [0.25, 0.3) is 0 Å². The van der Waals surface area contributed by atoms with Crippen LogP contribution in [0, 0.1) is 0 Å². The number of phenolic OH excluding ortho intramolecular Hbond substituents is 1. The SMILES string of the molecule is CCNc1ccc2c(c1O)C(=O)c1ccccc1C2=O. The largest absolute Gasteiger partial charge is 0.505 e. The number of hydrogen-bond donors (Lipinski definition) is 2. The highest BCUT2D eigenvalue weighted by Crippen LogP contribution is 2.37. The Hall–Kier alpha value is -2.62. The van der Waals surface area contributed by atoms with Gasteiger partial charge in [-0.25, -0.2) is 0 Å². The summed E-state index contributed by atoms with van der Waals surface area (Å²) in [7, 11) is 0. The van der Waals surface area contributed by atoms with E-state index in [1.165, 1.54) is 0 Å². The maximum atomic E-state index is 12.5. The number of carbonyl (C=O) groups is 2. The molecular formula is C16H13NO3. The van der Waals surface area contributed by atoms with E-state index in [0.29, 0.717) is 23.4 Å². The lowest BCUT2D eigenvalue weighted by Gasteiger charge is -2.19. The summed E-state index contributed by atoms with van der Waals surface area (Å²) in [5.41, 5.74) is 1.54. The minimum atomic E-state index is -0.313. The van der Waals surface area contributed by atoms with Gasteiger partial charge in [-0.05, 0) is 19.1 Å². The first-order chi connectivity index (χ1) is 9.65. The van der Waals surface area contributed by atoms with E-state index in [4.69, 9.17) is 0 Å². The first kappa shape index (κ1) is 12.4. The number of carbonyl (C=O) groups excluding carboxylic acids is 2. The quantitative estimate of drug-likeness (QED) is 0.700. The van der Waals surface area contributed by atoms with Crippen LogP contribution >= 0.6 is 0 Å². The molecule has 0 fully saturated rings. The lowest BCUT2D eigenvalue weighted by atomic mass is 9.83. The molecule has 1 aliphatic carbocycles. The molecule has 2 aromatic carbocycles. The van der Waals surface area contributed by atoms with Crippen LogP contribution in [0.15, 0.2) is 36.4 Å². The summed E-state index contributed by atoms with van der Waals surface area (Å²) < 4.78 is 0. The fraction of sp³-hybridized carbons (Fsp3) is 0.125. The van der Waals surface area contributed by atoms with Crippen molar-refractivity contribution >= 4 is 17.3 Å². The Kier molecular flexibility index (Phi) is 2.79. The van der Waals surface area contributed by atoms with Gasteiger partial charge in [-0.2, -0.15) is 0 Å². The second kappa shape index (κ2) is 4.49. The van der Waals surface area contributed by atoms with E-state index in [2.05, 4.69) is 5.32 Å². The lowest BCUT2D eigenvalue weighted by molar-refractivity contribution is 0.0977. The first-order valence-corrected chi connectivity index (χ1v) is 6.43. The van der Waals surface area contributed by atoms with Crippen molar-refractivity contribution in [3.8, 4) is 5.75 Å². The highest BCUT2D eigenvalue weighted by molar-refractivity contribution is 6.29. The minimum absolute atomic E-state index is 0.0900. The standard InChI is InChI=1S/C16H13NO3/c1-2-17-12-8-7-11-13(16(12)20)15(19)10-6-4-3-5-9(10)14(11)18/h3-8,17,20H,2H2,1H3. The van der Waals surface area contributed by atoms with Crippen LogP contribution in [0.3, 0.4) is 0 Å². The van der Waals surface area contributed by atoms with E-state index < -0.39 is 0 Å². The minimum Gasteiger partial charge on any atom is -0.505 e. The van der Waals surface area contributed by atoms with E-state index in [9.17, 15) is 14.7 Å². The number of benzene rings is 2. The van der Waals surface area contributed by atoms with Crippen molar-refractivity contribution in [2.45, 2.75) is 6.92 Å². The molecule has 0 spiro atoms. The second-order valence-electron chi connectivity index (χ2n) is 4.62. The summed E-state index contributed by atoms with van der Waals surface area (Å²) in [6.07, 6.45) is 0. The van der Waals surface area contributed by atoms with E-state index in [-0.39, 0.29) is 28.4 Å². The molecule has 4 heteroatoms. The zero-order valence-electron chi connectivity index (χ0n) is 10.9. The van der Waals surface area contributed by atoms with E-state index in [0.717, 1.165) is 0 Å². The maximum Gasteiger partial charge on any atom is 0.198 e. The van der Waals surface area contributed by atoms with Gasteiger partial charge in [0.25, 0.3) is 0 Å². The number of anilines is 1. The molecule has 0 bridgehead atoms. The third kappa shape index (κ3) is 1.61. The number of aromatic hydroxyl groups is 1. The molecule has 3 rings (SSSR count). The molecule has 2 aromatic rings. The first-order valence-electron chi connectivity index (χ1n) is 6.43. The third-order valence-corrected chi connectivity index (χ3v) is 3.43. The van der Waals surface area contributed by atoms with Gasteiger partial charge < -0.3 is 10.4 Å². The van der Waals surface area contributed by atoms with Gasteiger partial charge in [-0.3, -0.25) is 9.59 Å². The fourth-order valence-corrected chi connectivity index (χ4v) is 2.50. The normalized spacial score (nSPS) is 12.8. The highest BCUT2D eigenvalue weighted by atomic mass is 16.3. The van der Waals surface area contributed by atoms with Gasteiger partial charge >= 0.3 is 0 Å². The summed E-state index contributed by atoms with van der Waals surface area (Å²) in [6, 6.07) is 9.88. The van der Waals surface area contributed by atoms with Crippen molar-refractivity contribution in [2.24, 2.45) is 0 Å². The van der Waals surface area contributed by atoms with Gasteiger partial charge in [0.15, 0.2) is 17.3 Å². The van der Waals surface area contributed by atoms with E-state index >= 15 is 0 Å². The molecule has 0 saturated heterocycles. The van der Waals surface area contributed by atoms with Gasteiger partial charge in [0, 0.05) is 23.2 Å². The summed E-state index contributed by atoms with van der Waals surface area (Å²) in [6.45, 7) is 2.51. The van der Waals surface area contributed by atoms with Gasteiger partial charge in [0.05, 0.1) is 11.3 Å². The highest BCUT2D eigenvalue weighted by Gasteiger charge is 2.32. The molecular weight excluding hydrogens is 254 g/mol. The summed E-state index contributed by atoms with van der Waals surface area (Å²) in [5, 5.41) is 13.2. The molecule has 0 aromatic heterocycles. The molecule has 2 N–H and O–H groups in total. The molecule has 0 atom stereocenters. The predicted octanol–water partition coefficient (Wildman–Crippen LogP) is 2.60. The Morgan fingerprint density at radius 3 is 2.25 bits per heavy atom. The van der Waals surface area contributed by atoms with Crippen LogP contribution in [0.2, 0.25) is 0 Å².